The number of rotatable bonds is 8. The van der Waals surface area contributed by atoms with Crippen molar-refractivity contribution in [3.8, 4) is 11.1 Å². The first kappa shape index (κ1) is 23.8. The van der Waals surface area contributed by atoms with Crippen molar-refractivity contribution in [3.05, 3.63) is 59.7 Å². The zero-order chi connectivity index (χ0) is 24.5. The van der Waals surface area contributed by atoms with E-state index < -0.39 is 23.0 Å². The Morgan fingerprint density at radius 1 is 1.09 bits per heavy atom. The SMILES string of the molecule is CCC(C)(CNC(=O)OCC1c2ccccc2-c2ccccc21)C(=O)N(C)C1(C(=O)O)CCC1. The maximum Gasteiger partial charge on any atom is 0.407 e. The molecular formula is C27H32N2O5. The molecule has 4 rings (SSSR count). The van der Waals surface area contributed by atoms with Gasteiger partial charge in [0, 0.05) is 19.5 Å². The molecule has 2 aromatic carbocycles. The highest BCUT2D eigenvalue weighted by molar-refractivity contribution is 5.90. The zero-order valence-corrected chi connectivity index (χ0v) is 20.0. The van der Waals surface area contributed by atoms with Crippen LogP contribution in [-0.4, -0.2) is 53.7 Å². The van der Waals surface area contributed by atoms with Crippen LogP contribution < -0.4 is 5.32 Å². The Bertz CT molecular complexity index is 1060. The average Bonchev–Trinajstić information content (AvgIpc) is 3.13. The second-order valence-electron chi connectivity index (χ2n) is 9.65. The van der Waals surface area contributed by atoms with Crippen LogP contribution in [0.4, 0.5) is 4.79 Å². The first-order valence-electron chi connectivity index (χ1n) is 11.8. The fraction of sp³-hybridized carbons (Fsp3) is 0.444. The summed E-state index contributed by atoms with van der Waals surface area (Å²) in [6, 6.07) is 16.2. The van der Waals surface area contributed by atoms with Gasteiger partial charge in [-0.3, -0.25) is 4.79 Å². The molecule has 0 spiro atoms. The standard InChI is InChI=1S/C27H32N2O5/c1-4-26(2,23(30)29(3)27(24(31)32)14-9-15-27)17-28-25(33)34-16-22-20-12-7-5-10-18(20)19-11-6-8-13-21(19)22/h5-8,10-13,22H,4,9,14-17H2,1-3H3,(H,28,33)(H,31,32). The van der Waals surface area contributed by atoms with Gasteiger partial charge in [0.05, 0.1) is 5.41 Å². The number of hydrogen-bond donors (Lipinski definition) is 2. The van der Waals surface area contributed by atoms with E-state index in [-0.39, 0.29) is 25.0 Å². The lowest BCUT2D eigenvalue weighted by atomic mass is 9.73. The van der Waals surface area contributed by atoms with Gasteiger partial charge in [-0.25, -0.2) is 9.59 Å². The molecule has 2 aliphatic rings. The predicted octanol–water partition coefficient (Wildman–Crippen LogP) is 4.41. The van der Waals surface area contributed by atoms with Crippen molar-refractivity contribution in [2.75, 3.05) is 20.2 Å². The van der Waals surface area contributed by atoms with E-state index in [0.29, 0.717) is 19.3 Å². The van der Waals surface area contributed by atoms with Crippen LogP contribution in [0.3, 0.4) is 0 Å². The molecule has 0 saturated heterocycles. The van der Waals surface area contributed by atoms with Crippen molar-refractivity contribution in [2.24, 2.45) is 5.41 Å². The number of alkyl carbamates (subject to hydrolysis) is 1. The molecule has 1 unspecified atom stereocenters. The predicted molar refractivity (Wildman–Crippen MR) is 128 cm³/mol. The summed E-state index contributed by atoms with van der Waals surface area (Å²) in [5.74, 6) is -1.30. The van der Waals surface area contributed by atoms with Crippen LogP contribution in [0.25, 0.3) is 11.1 Å². The van der Waals surface area contributed by atoms with Gasteiger partial charge < -0.3 is 20.1 Å². The maximum absolute atomic E-state index is 13.3. The van der Waals surface area contributed by atoms with E-state index in [1.165, 1.54) is 4.90 Å². The molecule has 0 aromatic heterocycles. The summed E-state index contributed by atoms with van der Waals surface area (Å²) in [5, 5.41) is 12.4. The van der Waals surface area contributed by atoms with Gasteiger partial charge in [-0.15, -0.1) is 0 Å². The van der Waals surface area contributed by atoms with E-state index in [1.54, 1.807) is 14.0 Å². The number of carbonyl (C=O) groups is 3. The van der Waals surface area contributed by atoms with Gasteiger partial charge in [0.1, 0.15) is 12.1 Å². The normalized spacial score (nSPS) is 17.5. The number of fused-ring (bicyclic) bond motifs is 3. The summed E-state index contributed by atoms with van der Waals surface area (Å²) < 4.78 is 5.59. The lowest BCUT2D eigenvalue weighted by Gasteiger charge is -2.47. The van der Waals surface area contributed by atoms with E-state index in [4.69, 9.17) is 4.74 Å². The molecule has 2 aromatic rings. The van der Waals surface area contributed by atoms with E-state index in [0.717, 1.165) is 28.7 Å². The smallest absolute Gasteiger partial charge is 0.407 e. The molecule has 2 N–H and O–H groups in total. The van der Waals surface area contributed by atoms with Crippen LogP contribution in [0.5, 0.6) is 0 Å². The Hall–Kier alpha value is -3.35. The lowest BCUT2D eigenvalue weighted by molar-refractivity contribution is -0.168. The van der Waals surface area contributed by atoms with E-state index in [9.17, 15) is 19.5 Å². The Kier molecular flexibility index (Phi) is 6.39. The summed E-state index contributed by atoms with van der Waals surface area (Å²) >= 11 is 0. The van der Waals surface area contributed by atoms with Crippen LogP contribution in [0.2, 0.25) is 0 Å². The monoisotopic (exact) mass is 464 g/mol. The molecule has 34 heavy (non-hydrogen) atoms. The summed E-state index contributed by atoms with van der Waals surface area (Å²) in [6.07, 6.45) is 1.54. The van der Waals surface area contributed by atoms with E-state index >= 15 is 0 Å². The summed E-state index contributed by atoms with van der Waals surface area (Å²) in [4.78, 5) is 39.1. The Morgan fingerprint density at radius 3 is 2.12 bits per heavy atom. The molecule has 1 saturated carbocycles. The largest absolute Gasteiger partial charge is 0.479 e. The van der Waals surface area contributed by atoms with Crippen LogP contribution in [-0.2, 0) is 14.3 Å². The van der Waals surface area contributed by atoms with E-state index in [2.05, 4.69) is 29.6 Å². The topological polar surface area (TPSA) is 95.9 Å². The summed E-state index contributed by atoms with van der Waals surface area (Å²) in [6.45, 7) is 3.88. The van der Waals surface area contributed by atoms with Crippen LogP contribution in [0, 0.1) is 5.41 Å². The maximum atomic E-state index is 13.3. The van der Waals surface area contributed by atoms with Crippen LogP contribution in [0.1, 0.15) is 56.6 Å². The number of carboxylic acid groups (broad SMARTS) is 1. The quantitative estimate of drug-likeness (QED) is 0.603. The highest BCUT2D eigenvalue weighted by atomic mass is 16.5. The molecule has 0 bridgehead atoms. The molecule has 0 heterocycles. The van der Waals surface area contributed by atoms with Gasteiger partial charge >= 0.3 is 12.1 Å². The molecule has 180 valence electrons. The van der Waals surface area contributed by atoms with Crippen LogP contribution in [0.15, 0.2) is 48.5 Å². The molecule has 2 amide bonds. The Labute approximate surface area is 200 Å². The first-order chi connectivity index (χ1) is 16.2. The molecule has 0 radical (unpaired) electrons. The molecule has 0 aliphatic heterocycles. The minimum atomic E-state index is -1.14. The number of amides is 2. The third kappa shape index (κ3) is 3.93. The van der Waals surface area contributed by atoms with Gasteiger partial charge in [0.2, 0.25) is 5.91 Å². The number of likely N-dealkylation sites (N-methyl/N-ethyl adjacent to an activating group) is 1. The number of nitrogens with one attached hydrogen (secondary N) is 1. The van der Waals surface area contributed by atoms with Gasteiger partial charge in [-0.2, -0.15) is 0 Å². The number of aliphatic carboxylic acids is 1. The average molecular weight is 465 g/mol. The van der Waals surface area contributed by atoms with Crippen molar-refractivity contribution in [2.45, 2.75) is 51.0 Å². The van der Waals surface area contributed by atoms with E-state index in [1.807, 2.05) is 31.2 Å². The zero-order valence-electron chi connectivity index (χ0n) is 20.0. The number of hydrogen-bond acceptors (Lipinski definition) is 4. The van der Waals surface area contributed by atoms with Crippen molar-refractivity contribution >= 4 is 18.0 Å². The van der Waals surface area contributed by atoms with Crippen molar-refractivity contribution in [3.63, 3.8) is 0 Å². The first-order valence-corrected chi connectivity index (χ1v) is 11.8. The van der Waals surface area contributed by atoms with Gasteiger partial charge in [0.15, 0.2) is 0 Å². The number of carboxylic acids is 1. The number of nitrogens with zero attached hydrogens (tertiary/aromatic N) is 1. The second-order valence-corrected chi connectivity index (χ2v) is 9.65. The number of benzene rings is 2. The third-order valence-electron chi connectivity index (χ3n) is 7.79. The Balaban J connectivity index is 1.39. The minimum Gasteiger partial charge on any atom is -0.479 e. The summed E-state index contributed by atoms with van der Waals surface area (Å²) in [7, 11) is 1.55. The highest BCUT2D eigenvalue weighted by Crippen LogP contribution is 2.44. The number of ether oxygens (including phenoxy) is 1. The second kappa shape index (κ2) is 9.12. The van der Waals surface area contributed by atoms with Crippen molar-refractivity contribution in [1.82, 2.24) is 10.2 Å². The molecular weight excluding hydrogens is 432 g/mol. The van der Waals surface area contributed by atoms with Crippen LogP contribution >= 0.6 is 0 Å². The molecule has 1 fully saturated rings. The third-order valence-corrected chi connectivity index (χ3v) is 7.79. The van der Waals surface area contributed by atoms with Gasteiger partial charge in [-0.05, 0) is 54.9 Å². The molecule has 7 heteroatoms. The molecule has 2 aliphatic carbocycles. The fourth-order valence-electron chi connectivity index (χ4n) is 5.07. The van der Waals surface area contributed by atoms with Crippen molar-refractivity contribution < 1.29 is 24.2 Å². The van der Waals surface area contributed by atoms with Gasteiger partial charge in [-0.1, -0.05) is 55.5 Å². The minimum absolute atomic E-state index is 0.0440. The number of carbonyl (C=O) groups excluding carboxylic acids is 2. The van der Waals surface area contributed by atoms with Gasteiger partial charge in [0.25, 0.3) is 0 Å². The lowest BCUT2D eigenvalue weighted by Crippen LogP contribution is -2.63. The fourth-order valence-corrected chi connectivity index (χ4v) is 5.07. The highest BCUT2D eigenvalue weighted by Gasteiger charge is 2.52. The molecule has 7 nitrogen and oxygen atoms in total. The summed E-state index contributed by atoms with van der Waals surface area (Å²) in [5.41, 5.74) is 2.50. The molecule has 1 atom stereocenters. The Morgan fingerprint density at radius 2 is 1.65 bits per heavy atom. The van der Waals surface area contributed by atoms with Crippen molar-refractivity contribution in [1.29, 1.82) is 0 Å².